The molecule has 104 valence electrons. The summed E-state index contributed by atoms with van der Waals surface area (Å²) in [4.78, 5) is 12.9. The van der Waals surface area contributed by atoms with Gasteiger partial charge in [-0.1, -0.05) is 60.7 Å². The van der Waals surface area contributed by atoms with Gasteiger partial charge in [-0.05, 0) is 18.1 Å². The molecule has 1 aliphatic heterocycles. The van der Waals surface area contributed by atoms with Gasteiger partial charge in [-0.25, -0.2) is 0 Å². The zero-order valence-corrected chi connectivity index (χ0v) is 11.7. The van der Waals surface area contributed by atoms with E-state index in [9.17, 15) is 4.79 Å². The number of carbonyl (C=O) groups is 1. The van der Waals surface area contributed by atoms with Crippen LogP contribution < -0.4 is 5.32 Å². The average molecular weight is 275 g/mol. The van der Waals surface area contributed by atoms with Crippen LogP contribution in [0.15, 0.2) is 66.7 Å². The quantitative estimate of drug-likeness (QED) is 0.662. The zero-order chi connectivity index (χ0) is 14.2. The Morgan fingerprint density at radius 2 is 1.76 bits per heavy atom. The lowest BCUT2D eigenvalue weighted by Gasteiger charge is -2.36. The van der Waals surface area contributed by atoms with Crippen LogP contribution in [0.4, 0.5) is 5.69 Å². The van der Waals surface area contributed by atoms with Crippen molar-refractivity contribution < 1.29 is 4.79 Å². The molecule has 2 heteroatoms. The van der Waals surface area contributed by atoms with Crippen molar-refractivity contribution in [3.05, 3.63) is 77.9 Å². The van der Waals surface area contributed by atoms with E-state index in [0.29, 0.717) is 11.8 Å². The van der Waals surface area contributed by atoms with Crippen molar-refractivity contribution in [2.45, 2.75) is 18.4 Å². The van der Waals surface area contributed by atoms with Gasteiger partial charge in [-0.15, -0.1) is 0 Å². The van der Waals surface area contributed by atoms with Crippen LogP contribution in [0.3, 0.4) is 0 Å². The second-order valence-corrected chi connectivity index (χ2v) is 5.79. The van der Waals surface area contributed by atoms with Crippen LogP contribution in [0.25, 0.3) is 0 Å². The minimum absolute atomic E-state index is 0.137. The lowest BCUT2D eigenvalue weighted by molar-refractivity contribution is 0.0938. The summed E-state index contributed by atoms with van der Waals surface area (Å²) < 4.78 is 0. The van der Waals surface area contributed by atoms with E-state index in [1.165, 1.54) is 5.56 Å². The first kappa shape index (κ1) is 12.4. The molecule has 0 saturated heterocycles. The molecule has 0 bridgehead atoms. The van der Waals surface area contributed by atoms with Crippen LogP contribution >= 0.6 is 0 Å². The zero-order valence-electron chi connectivity index (χ0n) is 11.7. The lowest BCUT2D eigenvalue weighted by Crippen LogP contribution is -2.41. The Morgan fingerprint density at radius 3 is 2.62 bits per heavy atom. The van der Waals surface area contributed by atoms with Gasteiger partial charge >= 0.3 is 0 Å². The van der Waals surface area contributed by atoms with Crippen molar-refractivity contribution in [2.75, 3.05) is 5.32 Å². The average Bonchev–Trinajstić information content (AvgIpc) is 3.04. The number of para-hydroxylation sites is 1. The van der Waals surface area contributed by atoms with Gasteiger partial charge in [0, 0.05) is 23.1 Å². The predicted octanol–water partition coefficient (Wildman–Crippen LogP) is 4.02. The van der Waals surface area contributed by atoms with Gasteiger partial charge < -0.3 is 5.32 Å². The highest BCUT2D eigenvalue weighted by Gasteiger charge is 2.40. The molecule has 0 spiro atoms. The van der Waals surface area contributed by atoms with Crippen LogP contribution in [0.5, 0.6) is 0 Å². The van der Waals surface area contributed by atoms with E-state index in [1.807, 2.05) is 36.4 Å². The second kappa shape index (κ2) is 4.88. The first-order chi connectivity index (χ1) is 10.3. The van der Waals surface area contributed by atoms with E-state index in [4.69, 9.17) is 0 Å². The number of nitrogens with one attached hydrogen (secondary N) is 1. The molecule has 1 heterocycles. The number of rotatable bonds is 2. The van der Waals surface area contributed by atoms with Gasteiger partial charge in [0.15, 0.2) is 5.78 Å². The third kappa shape index (κ3) is 1.99. The van der Waals surface area contributed by atoms with Crippen molar-refractivity contribution in [1.29, 1.82) is 0 Å². The summed E-state index contributed by atoms with van der Waals surface area (Å²) in [5, 5.41) is 3.48. The summed E-state index contributed by atoms with van der Waals surface area (Å²) in [6, 6.07) is 17.8. The van der Waals surface area contributed by atoms with Crippen molar-refractivity contribution in [1.82, 2.24) is 0 Å². The number of fused-ring (bicyclic) bond motifs is 3. The molecule has 2 aliphatic rings. The highest BCUT2D eigenvalue weighted by Crippen LogP contribution is 2.44. The molecule has 2 aromatic rings. The highest BCUT2D eigenvalue weighted by molar-refractivity contribution is 6.02. The summed E-state index contributed by atoms with van der Waals surface area (Å²) >= 11 is 0. The van der Waals surface area contributed by atoms with Crippen LogP contribution in [0.2, 0.25) is 0 Å². The van der Waals surface area contributed by atoms with E-state index in [2.05, 4.69) is 35.7 Å². The molecule has 1 N–H and O–H groups in total. The maximum Gasteiger partial charge on any atom is 0.185 e. The topological polar surface area (TPSA) is 29.1 Å². The highest BCUT2D eigenvalue weighted by atomic mass is 16.1. The summed E-state index contributed by atoms with van der Waals surface area (Å²) in [6.45, 7) is 0. The summed E-state index contributed by atoms with van der Waals surface area (Å²) in [5.74, 6) is 0.886. The fourth-order valence-corrected chi connectivity index (χ4v) is 3.59. The third-order valence-corrected chi connectivity index (χ3v) is 4.61. The van der Waals surface area contributed by atoms with Gasteiger partial charge in [-0.3, -0.25) is 4.79 Å². The van der Waals surface area contributed by atoms with Crippen LogP contribution in [-0.2, 0) is 0 Å². The maximum atomic E-state index is 12.9. The lowest BCUT2D eigenvalue weighted by atomic mass is 9.77. The number of carbonyl (C=O) groups excluding carboxylic acids is 1. The molecule has 4 rings (SSSR count). The molecule has 0 saturated carbocycles. The Morgan fingerprint density at radius 1 is 1.00 bits per heavy atom. The fourth-order valence-electron chi connectivity index (χ4n) is 3.59. The minimum atomic E-state index is -0.137. The molecule has 0 fully saturated rings. The van der Waals surface area contributed by atoms with E-state index in [0.717, 1.165) is 17.7 Å². The van der Waals surface area contributed by atoms with Gasteiger partial charge in [0.1, 0.15) is 0 Å². The number of allylic oxidation sites excluding steroid dienone is 2. The molecular formula is C19H17NO. The standard InChI is InChI=1S/C19H17NO/c21-19(13-7-2-1-3-8-13)18-16-11-6-10-14(16)15-9-4-5-12-17(15)20-18/h1-10,12,14,16,18,20H,11H2. The maximum absolute atomic E-state index is 12.9. The van der Waals surface area contributed by atoms with Gasteiger partial charge in [0.25, 0.3) is 0 Å². The molecule has 0 radical (unpaired) electrons. The van der Waals surface area contributed by atoms with Crippen molar-refractivity contribution in [3.63, 3.8) is 0 Å². The smallest absolute Gasteiger partial charge is 0.185 e. The van der Waals surface area contributed by atoms with Crippen LogP contribution in [-0.4, -0.2) is 11.8 Å². The third-order valence-electron chi connectivity index (χ3n) is 4.61. The molecule has 3 atom stereocenters. The molecule has 1 aliphatic carbocycles. The first-order valence-electron chi connectivity index (χ1n) is 7.46. The molecule has 0 amide bonds. The molecule has 2 nitrogen and oxygen atoms in total. The molecule has 3 unspecified atom stereocenters. The van der Waals surface area contributed by atoms with Gasteiger partial charge in [0.05, 0.1) is 6.04 Å². The first-order valence-corrected chi connectivity index (χ1v) is 7.46. The van der Waals surface area contributed by atoms with E-state index in [1.54, 1.807) is 0 Å². The Bertz CT molecular complexity index is 705. The number of hydrogen-bond donors (Lipinski definition) is 1. The van der Waals surface area contributed by atoms with Gasteiger partial charge in [-0.2, -0.15) is 0 Å². The van der Waals surface area contributed by atoms with Crippen LogP contribution in [0, 0.1) is 5.92 Å². The number of benzene rings is 2. The Kier molecular flexibility index (Phi) is 2.88. The molecule has 21 heavy (non-hydrogen) atoms. The van der Waals surface area contributed by atoms with E-state index < -0.39 is 0 Å². The summed E-state index contributed by atoms with van der Waals surface area (Å²) in [7, 11) is 0. The summed E-state index contributed by atoms with van der Waals surface area (Å²) in [6.07, 6.45) is 5.44. The number of Topliss-reactive ketones (excluding diaryl/α,β-unsaturated/α-hetero) is 1. The Hall–Kier alpha value is -2.35. The monoisotopic (exact) mass is 275 g/mol. The number of ketones is 1. The number of hydrogen-bond acceptors (Lipinski definition) is 2. The normalized spacial score (nSPS) is 25.8. The molecule has 2 aromatic carbocycles. The Balaban J connectivity index is 1.73. The summed E-state index contributed by atoms with van der Waals surface area (Å²) in [5.41, 5.74) is 3.20. The number of anilines is 1. The predicted molar refractivity (Wildman–Crippen MR) is 84.6 cm³/mol. The fraction of sp³-hybridized carbons (Fsp3) is 0.211. The van der Waals surface area contributed by atoms with E-state index in [-0.39, 0.29) is 11.8 Å². The Labute approximate surface area is 124 Å². The van der Waals surface area contributed by atoms with Gasteiger partial charge in [0.2, 0.25) is 0 Å². The van der Waals surface area contributed by atoms with Crippen LogP contribution in [0.1, 0.15) is 28.3 Å². The van der Waals surface area contributed by atoms with Crippen molar-refractivity contribution >= 4 is 11.5 Å². The largest absolute Gasteiger partial charge is 0.374 e. The molecule has 0 aromatic heterocycles. The minimum Gasteiger partial charge on any atom is -0.374 e. The van der Waals surface area contributed by atoms with Crippen molar-refractivity contribution in [2.24, 2.45) is 5.92 Å². The molecular weight excluding hydrogens is 258 g/mol. The van der Waals surface area contributed by atoms with E-state index >= 15 is 0 Å². The second-order valence-electron chi connectivity index (χ2n) is 5.79. The SMILES string of the molecule is O=C(c1ccccc1)C1Nc2ccccc2C2C=CCC12. The van der Waals surface area contributed by atoms with Crippen molar-refractivity contribution in [3.8, 4) is 0 Å².